The van der Waals surface area contributed by atoms with Crippen LogP contribution in [-0.2, 0) is 9.22 Å². The second-order valence-electron chi connectivity index (χ2n) is 10.5. The predicted molar refractivity (Wildman–Crippen MR) is 135 cm³/mol. The molecule has 0 saturated carbocycles. The molecular formula is C26H51NO2Si. The van der Waals surface area contributed by atoms with Crippen molar-refractivity contribution in [2.75, 3.05) is 6.54 Å². The van der Waals surface area contributed by atoms with Crippen molar-refractivity contribution in [2.24, 2.45) is 11.8 Å². The average Bonchev–Trinajstić information content (AvgIpc) is 2.65. The van der Waals surface area contributed by atoms with E-state index in [1.807, 2.05) is 6.08 Å². The minimum absolute atomic E-state index is 0.107. The molecule has 0 rings (SSSR count). The highest BCUT2D eigenvalue weighted by Gasteiger charge is 2.40. The number of allylic oxidation sites excluding steroid dienone is 2. The molecule has 0 heterocycles. The number of carbonyl (C=O) groups excluding carboxylic acids is 1. The Labute approximate surface area is 189 Å². The van der Waals surface area contributed by atoms with Gasteiger partial charge in [-0.3, -0.25) is 4.79 Å². The zero-order valence-electron chi connectivity index (χ0n) is 21.4. The molecule has 0 spiro atoms. The van der Waals surface area contributed by atoms with Crippen molar-refractivity contribution in [3.63, 3.8) is 0 Å². The van der Waals surface area contributed by atoms with E-state index in [1.54, 1.807) is 0 Å². The lowest BCUT2D eigenvalue weighted by atomic mass is 9.90. The minimum atomic E-state index is -1.82. The van der Waals surface area contributed by atoms with Gasteiger partial charge in [-0.2, -0.15) is 0 Å². The number of carbonyl (C=O) groups is 1. The van der Waals surface area contributed by atoms with Crippen LogP contribution in [-0.4, -0.2) is 26.9 Å². The quantitative estimate of drug-likeness (QED) is 0.153. The molecule has 0 aromatic carbocycles. The summed E-state index contributed by atoms with van der Waals surface area (Å²) in [5, 5.41) is 3.37. The van der Waals surface area contributed by atoms with E-state index in [0.717, 1.165) is 57.9 Å². The van der Waals surface area contributed by atoms with Crippen molar-refractivity contribution in [3.8, 4) is 0 Å². The minimum Gasteiger partial charge on any atom is -0.414 e. The number of rotatable bonds is 16. The summed E-state index contributed by atoms with van der Waals surface area (Å²) in [6.45, 7) is 26.7. The van der Waals surface area contributed by atoms with Gasteiger partial charge in [0.15, 0.2) is 8.32 Å². The molecule has 0 fully saturated rings. The molecule has 0 aliphatic rings. The summed E-state index contributed by atoms with van der Waals surface area (Å²) in [7, 11) is -1.82. The summed E-state index contributed by atoms with van der Waals surface area (Å²) in [4.78, 5) is 12.4. The number of nitrogens with one attached hydrogen (secondary N) is 1. The lowest BCUT2D eigenvalue weighted by Crippen LogP contribution is -2.46. The van der Waals surface area contributed by atoms with E-state index in [1.165, 1.54) is 5.57 Å². The monoisotopic (exact) mass is 437 g/mol. The highest BCUT2D eigenvalue weighted by Crippen LogP contribution is 2.39. The van der Waals surface area contributed by atoms with Crippen LogP contribution in [0.2, 0.25) is 18.1 Å². The average molecular weight is 438 g/mol. The van der Waals surface area contributed by atoms with Crippen LogP contribution in [0.1, 0.15) is 92.9 Å². The van der Waals surface area contributed by atoms with Gasteiger partial charge in [0.05, 0.1) is 0 Å². The maximum atomic E-state index is 12.4. The lowest BCUT2D eigenvalue weighted by molar-refractivity contribution is -0.125. The van der Waals surface area contributed by atoms with Gasteiger partial charge in [-0.1, -0.05) is 52.7 Å². The second kappa shape index (κ2) is 14.2. The lowest BCUT2D eigenvalue weighted by Gasteiger charge is -2.41. The van der Waals surface area contributed by atoms with E-state index in [0.29, 0.717) is 5.92 Å². The standard InChI is InChI=1S/C26H51NO2Si/c1-11-14-16-23(13-3)25(28)27-20-15-17-22(12-2)24(19-18-21(4)5)29-30(9,10)26(6,7)8/h11,22-24H,1,4,12-20H2,2-3,5-10H3,(H,27,28)/t22-,23-,24-/m1/s1. The summed E-state index contributed by atoms with van der Waals surface area (Å²) in [6, 6.07) is 0. The molecule has 0 radical (unpaired) electrons. The van der Waals surface area contributed by atoms with E-state index >= 15 is 0 Å². The van der Waals surface area contributed by atoms with Gasteiger partial charge >= 0.3 is 0 Å². The van der Waals surface area contributed by atoms with E-state index in [2.05, 4.69) is 73.1 Å². The van der Waals surface area contributed by atoms with Crippen molar-refractivity contribution in [1.82, 2.24) is 5.32 Å². The smallest absolute Gasteiger partial charge is 0.223 e. The number of hydrogen-bond acceptors (Lipinski definition) is 2. The van der Waals surface area contributed by atoms with Gasteiger partial charge < -0.3 is 9.74 Å². The summed E-state index contributed by atoms with van der Waals surface area (Å²) in [6.07, 6.45) is 10.1. The Hall–Kier alpha value is -0.873. The number of amides is 1. The van der Waals surface area contributed by atoms with Gasteiger partial charge in [0.25, 0.3) is 0 Å². The Morgan fingerprint density at radius 3 is 2.23 bits per heavy atom. The molecule has 0 saturated heterocycles. The molecule has 0 aliphatic heterocycles. The Bertz CT molecular complexity index is 522. The third-order valence-corrected chi connectivity index (χ3v) is 11.3. The molecule has 176 valence electrons. The molecule has 3 nitrogen and oxygen atoms in total. The Morgan fingerprint density at radius 2 is 1.77 bits per heavy atom. The van der Waals surface area contributed by atoms with E-state index in [4.69, 9.17) is 4.43 Å². The predicted octanol–water partition coefficient (Wildman–Crippen LogP) is 7.65. The molecule has 0 bridgehead atoms. The molecule has 0 aromatic rings. The van der Waals surface area contributed by atoms with Crippen LogP contribution in [0.25, 0.3) is 0 Å². The van der Waals surface area contributed by atoms with Crippen LogP contribution in [0.4, 0.5) is 0 Å². The second-order valence-corrected chi connectivity index (χ2v) is 15.2. The fraction of sp³-hybridized carbons (Fsp3) is 0.808. The maximum absolute atomic E-state index is 12.4. The van der Waals surface area contributed by atoms with Crippen molar-refractivity contribution in [2.45, 2.75) is 117 Å². The molecule has 4 heteroatoms. The molecule has 0 aliphatic carbocycles. The first kappa shape index (κ1) is 29.1. The van der Waals surface area contributed by atoms with Crippen LogP contribution in [0, 0.1) is 11.8 Å². The fourth-order valence-electron chi connectivity index (χ4n) is 3.55. The third kappa shape index (κ3) is 10.9. The molecule has 0 aromatic heterocycles. The van der Waals surface area contributed by atoms with Gasteiger partial charge in [0, 0.05) is 18.6 Å². The largest absolute Gasteiger partial charge is 0.414 e. The highest BCUT2D eigenvalue weighted by molar-refractivity contribution is 6.74. The van der Waals surface area contributed by atoms with Gasteiger partial charge in [-0.05, 0) is 75.9 Å². The van der Waals surface area contributed by atoms with Crippen LogP contribution >= 0.6 is 0 Å². The van der Waals surface area contributed by atoms with Crippen molar-refractivity contribution in [3.05, 3.63) is 24.8 Å². The summed E-state index contributed by atoms with van der Waals surface area (Å²) >= 11 is 0. The van der Waals surface area contributed by atoms with Gasteiger partial charge in [-0.25, -0.2) is 0 Å². The van der Waals surface area contributed by atoms with Crippen LogP contribution in [0.15, 0.2) is 24.8 Å². The van der Waals surface area contributed by atoms with Crippen LogP contribution in [0.3, 0.4) is 0 Å². The van der Waals surface area contributed by atoms with Crippen LogP contribution in [0.5, 0.6) is 0 Å². The molecule has 3 atom stereocenters. The van der Waals surface area contributed by atoms with Gasteiger partial charge in [0.1, 0.15) is 0 Å². The SMILES string of the molecule is C=CCC[C@@H](CC)C(=O)NCCC[C@@H](CC)[C@@H](CCC(=C)C)O[Si](C)(C)C(C)(C)C. The Morgan fingerprint density at radius 1 is 1.13 bits per heavy atom. The first-order valence-electron chi connectivity index (χ1n) is 12.1. The van der Waals surface area contributed by atoms with E-state index in [9.17, 15) is 4.79 Å². The fourth-order valence-corrected chi connectivity index (χ4v) is 4.97. The van der Waals surface area contributed by atoms with E-state index < -0.39 is 8.32 Å². The zero-order valence-corrected chi connectivity index (χ0v) is 22.4. The first-order valence-corrected chi connectivity index (χ1v) is 15.0. The first-order chi connectivity index (χ1) is 13.9. The van der Waals surface area contributed by atoms with Crippen molar-refractivity contribution in [1.29, 1.82) is 0 Å². The maximum Gasteiger partial charge on any atom is 0.223 e. The Kier molecular flexibility index (Phi) is 13.8. The summed E-state index contributed by atoms with van der Waals surface area (Å²) in [5.41, 5.74) is 1.23. The third-order valence-electron chi connectivity index (χ3n) is 6.79. The summed E-state index contributed by atoms with van der Waals surface area (Å²) in [5.74, 6) is 0.831. The molecular weight excluding hydrogens is 386 g/mol. The zero-order chi connectivity index (χ0) is 23.4. The molecule has 0 unspecified atom stereocenters. The van der Waals surface area contributed by atoms with Gasteiger partial charge in [0.2, 0.25) is 5.91 Å². The van der Waals surface area contributed by atoms with Crippen molar-refractivity contribution < 1.29 is 9.22 Å². The Balaban J connectivity index is 4.87. The normalized spacial score (nSPS) is 15.3. The molecule has 1 N–H and O–H groups in total. The van der Waals surface area contributed by atoms with Gasteiger partial charge in [-0.15, -0.1) is 13.2 Å². The summed E-state index contributed by atoms with van der Waals surface area (Å²) < 4.78 is 6.88. The van der Waals surface area contributed by atoms with Crippen molar-refractivity contribution >= 4 is 14.2 Å². The molecule has 1 amide bonds. The van der Waals surface area contributed by atoms with Crippen LogP contribution < -0.4 is 5.32 Å². The van der Waals surface area contributed by atoms with E-state index in [-0.39, 0.29) is 23.0 Å². The highest BCUT2D eigenvalue weighted by atomic mass is 28.4. The topological polar surface area (TPSA) is 38.3 Å². The molecule has 30 heavy (non-hydrogen) atoms. The number of hydrogen-bond donors (Lipinski definition) is 1.